The summed E-state index contributed by atoms with van der Waals surface area (Å²) < 4.78 is 5.21. The molecular formula is C18H34N2O. The lowest BCUT2D eigenvalue weighted by molar-refractivity contribution is 0.189. The van der Waals surface area contributed by atoms with Gasteiger partial charge in [0.1, 0.15) is 0 Å². The number of ether oxygens (including phenoxy) is 1. The van der Waals surface area contributed by atoms with Gasteiger partial charge in [0, 0.05) is 25.8 Å². The average Bonchev–Trinajstić information content (AvgIpc) is 3.19. The standard InChI is InChI=1S/C9H18N2.C9H16O/c1-2-4-9(5-3-1)11-7-6-10-8-11;1-2-4-8(5-3-1)6-9-7-10-9/h9-10H,1-8H2;8-9H,1-7H2. The van der Waals surface area contributed by atoms with Crippen LogP contribution < -0.4 is 5.32 Å². The Morgan fingerprint density at radius 3 is 2.14 bits per heavy atom. The van der Waals surface area contributed by atoms with E-state index in [0.717, 1.165) is 25.2 Å². The lowest BCUT2D eigenvalue weighted by atomic mass is 9.86. The monoisotopic (exact) mass is 294 g/mol. The maximum atomic E-state index is 5.21. The zero-order valence-corrected chi connectivity index (χ0v) is 13.7. The molecule has 0 radical (unpaired) electrons. The third-order valence-electron chi connectivity index (χ3n) is 5.71. The van der Waals surface area contributed by atoms with Gasteiger partial charge in [0.2, 0.25) is 0 Å². The van der Waals surface area contributed by atoms with Crippen LogP contribution in [0.25, 0.3) is 0 Å². The molecule has 2 saturated carbocycles. The van der Waals surface area contributed by atoms with E-state index in [1.54, 1.807) is 0 Å². The number of rotatable bonds is 3. The Hall–Kier alpha value is -0.120. The molecule has 2 aliphatic carbocycles. The minimum atomic E-state index is 0.670. The smallest absolute Gasteiger partial charge is 0.0812 e. The fraction of sp³-hybridized carbons (Fsp3) is 1.00. The maximum absolute atomic E-state index is 5.21. The van der Waals surface area contributed by atoms with Gasteiger partial charge in [-0.3, -0.25) is 4.90 Å². The van der Waals surface area contributed by atoms with Gasteiger partial charge in [0.05, 0.1) is 12.7 Å². The predicted molar refractivity (Wildman–Crippen MR) is 87.4 cm³/mol. The molecule has 3 heteroatoms. The first kappa shape index (κ1) is 15.8. The van der Waals surface area contributed by atoms with E-state index < -0.39 is 0 Å². The lowest BCUT2D eigenvalue weighted by Gasteiger charge is -2.29. The van der Waals surface area contributed by atoms with Gasteiger partial charge in [0.25, 0.3) is 0 Å². The van der Waals surface area contributed by atoms with Gasteiger partial charge < -0.3 is 10.1 Å². The summed E-state index contributed by atoms with van der Waals surface area (Å²) in [6.07, 6.45) is 16.7. The van der Waals surface area contributed by atoms with Crippen molar-refractivity contribution in [3.8, 4) is 0 Å². The van der Waals surface area contributed by atoms with Crippen LogP contribution in [0.4, 0.5) is 0 Å². The van der Waals surface area contributed by atoms with Crippen molar-refractivity contribution in [2.24, 2.45) is 5.92 Å². The van der Waals surface area contributed by atoms with Crippen molar-refractivity contribution in [2.75, 3.05) is 26.4 Å². The van der Waals surface area contributed by atoms with Crippen LogP contribution in [0, 0.1) is 5.92 Å². The molecule has 4 fully saturated rings. The maximum Gasteiger partial charge on any atom is 0.0812 e. The Kier molecular flexibility index (Phi) is 6.38. The molecule has 4 rings (SSSR count). The number of nitrogens with one attached hydrogen (secondary N) is 1. The predicted octanol–water partition coefficient (Wildman–Crippen LogP) is 3.54. The molecule has 21 heavy (non-hydrogen) atoms. The van der Waals surface area contributed by atoms with Crippen LogP contribution in [0.3, 0.4) is 0 Å². The Bertz CT molecular complexity index is 275. The summed E-state index contributed by atoms with van der Waals surface area (Å²) in [5.41, 5.74) is 0. The zero-order valence-electron chi connectivity index (χ0n) is 13.7. The topological polar surface area (TPSA) is 27.8 Å². The van der Waals surface area contributed by atoms with Crippen molar-refractivity contribution in [1.82, 2.24) is 10.2 Å². The molecule has 3 nitrogen and oxygen atoms in total. The van der Waals surface area contributed by atoms with Crippen molar-refractivity contribution < 1.29 is 4.74 Å². The summed E-state index contributed by atoms with van der Waals surface area (Å²) in [7, 11) is 0. The van der Waals surface area contributed by atoms with Crippen LogP contribution >= 0.6 is 0 Å². The SMILES string of the molecule is C1CCC(CC2CO2)CC1.C1CCC(N2CCNC2)CC1. The molecule has 1 atom stereocenters. The molecule has 1 N–H and O–H groups in total. The van der Waals surface area contributed by atoms with Crippen molar-refractivity contribution in [1.29, 1.82) is 0 Å². The highest BCUT2D eigenvalue weighted by molar-refractivity contribution is 4.78. The summed E-state index contributed by atoms with van der Waals surface area (Å²) >= 11 is 0. The number of hydrogen-bond donors (Lipinski definition) is 1. The van der Waals surface area contributed by atoms with Crippen LogP contribution in [0.15, 0.2) is 0 Å². The van der Waals surface area contributed by atoms with Crippen molar-refractivity contribution in [2.45, 2.75) is 82.8 Å². The van der Waals surface area contributed by atoms with E-state index >= 15 is 0 Å². The van der Waals surface area contributed by atoms with E-state index in [1.165, 1.54) is 83.7 Å². The van der Waals surface area contributed by atoms with Crippen LogP contribution in [0.1, 0.15) is 70.6 Å². The van der Waals surface area contributed by atoms with Crippen LogP contribution in [0.5, 0.6) is 0 Å². The lowest BCUT2D eigenvalue weighted by Crippen LogP contribution is -2.35. The van der Waals surface area contributed by atoms with Gasteiger partial charge in [-0.05, 0) is 25.2 Å². The molecule has 0 spiro atoms. The molecule has 2 aliphatic heterocycles. The third-order valence-corrected chi connectivity index (χ3v) is 5.71. The van der Waals surface area contributed by atoms with Gasteiger partial charge in [-0.15, -0.1) is 0 Å². The molecule has 122 valence electrons. The highest BCUT2D eigenvalue weighted by atomic mass is 16.6. The molecule has 1 unspecified atom stereocenters. The first-order chi connectivity index (χ1) is 10.4. The Morgan fingerprint density at radius 1 is 0.905 bits per heavy atom. The minimum absolute atomic E-state index is 0.670. The van der Waals surface area contributed by atoms with E-state index in [9.17, 15) is 0 Å². The van der Waals surface area contributed by atoms with E-state index in [2.05, 4.69) is 10.2 Å². The second kappa shape index (κ2) is 8.50. The first-order valence-corrected chi connectivity index (χ1v) is 9.48. The first-order valence-electron chi connectivity index (χ1n) is 9.48. The van der Waals surface area contributed by atoms with Gasteiger partial charge in [-0.25, -0.2) is 0 Å². The third kappa shape index (κ3) is 5.54. The number of hydrogen-bond acceptors (Lipinski definition) is 3. The highest BCUT2D eigenvalue weighted by Crippen LogP contribution is 2.30. The molecule has 4 aliphatic rings. The average molecular weight is 294 g/mol. The van der Waals surface area contributed by atoms with Crippen LogP contribution in [0.2, 0.25) is 0 Å². The van der Waals surface area contributed by atoms with E-state index in [-0.39, 0.29) is 0 Å². The van der Waals surface area contributed by atoms with Crippen LogP contribution in [-0.2, 0) is 4.74 Å². The molecule has 0 aromatic rings. The van der Waals surface area contributed by atoms with Gasteiger partial charge >= 0.3 is 0 Å². The second-order valence-electron chi connectivity index (χ2n) is 7.46. The summed E-state index contributed by atoms with van der Waals surface area (Å²) in [6.45, 7) is 4.68. The fourth-order valence-electron chi connectivity index (χ4n) is 4.28. The molecule has 0 aromatic heterocycles. The van der Waals surface area contributed by atoms with Crippen LogP contribution in [-0.4, -0.2) is 43.4 Å². The van der Waals surface area contributed by atoms with Gasteiger partial charge in [0.15, 0.2) is 0 Å². The normalized spacial score (nSPS) is 31.7. The van der Waals surface area contributed by atoms with Gasteiger partial charge in [-0.1, -0.05) is 51.4 Å². The van der Waals surface area contributed by atoms with Crippen molar-refractivity contribution in [3.63, 3.8) is 0 Å². The zero-order chi connectivity index (χ0) is 14.3. The fourth-order valence-corrected chi connectivity index (χ4v) is 4.28. The largest absolute Gasteiger partial charge is 0.373 e. The van der Waals surface area contributed by atoms with E-state index in [1.807, 2.05) is 0 Å². The van der Waals surface area contributed by atoms with Crippen molar-refractivity contribution in [3.05, 3.63) is 0 Å². The highest BCUT2D eigenvalue weighted by Gasteiger charge is 2.27. The summed E-state index contributed by atoms with van der Waals surface area (Å²) in [6, 6.07) is 0.916. The summed E-state index contributed by atoms with van der Waals surface area (Å²) in [5, 5.41) is 3.40. The number of epoxide rings is 1. The summed E-state index contributed by atoms with van der Waals surface area (Å²) in [4.78, 5) is 2.61. The molecule has 2 heterocycles. The summed E-state index contributed by atoms with van der Waals surface area (Å²) in [5.74, 6) is 1.02. The van der Waals surface area contributed by atoms with Crippen molar-refractivity contribution >= 4 is 0 Å². The molecule has 0 amide bonds. The Labute approximate surface area is 130 Å². The quantitative estimate of drug-likeness (QED) is 0.807. The molecule has 0 bridgehead atoms. The Morgan fingerprint density at radius 2 is 1.57 bits per heavy atom. The number of nitrogens with zero attached hydrogens (tertiary/aromatic N) is 1. The Balaban J connectivity index is 0.000000126. The van der Waals surface area contributed by atoms with E-state index in [4.69, 9.17) is 4.74 Å². The second-order valence-corrected chi connectivity index (χ2v) is 7.46. The van der Waals surface area contributed by atoms with E-state index in [0.29, 0.717) is 6.10 Å². The van der Waals surface area contributed by atoms with Gasteiger partial charge in [-0.2, -0.15) is 0 Å². The molecule has 0 aromatic carbocycles. The minimum Gasteiger partial charge on any atom is -0.373 e. The molecule has 2 saturated heterocycles. The molecular weight excluding hydrogens is 260 g/mol.